The van der Waals surface area contributed by atoms with Crippen LogP contribution in [-0.4, -0.2) is 53.4 Å². The predicted molar refractivity (Wildman–Crippen MR) is 142 cm³/mol. The van der Waals surface area contributed by atoms with E-state index < -0.39 is 17.2 Å². The average Bonchev–Trinajstić information content (AvgIpc) is 3.25. The van der Waals surface area contributed by atoms with E-state index in [9.17, 15) is 15.0 Å². The number of nitrogens with one attached hydrogen (secondary N) is 1. The highest BCUT2D eigenvalue weighted by Gasteiger charge is 2.51. The monoisotopic (exact) mass is 485 g/mol. The summed E-state index contributed by atoms with van der Waals surface area (Å²) in [6, 6.07) is 20.6. The van der Waals surface area contributed by atoms with E-state index in [1.807, 2.05) is 49.1 Å². The number of carbonyl (C=O) groups is 1. The van der Waals surface area contributed by atoms with Crippen molar-refractivity contribution in [1.29, 1.82) is 0 Å². The molecule has 3 unspecified atom stereocenters. The molecule has 1 amide bonds. The summed E-state index contributed by atoms with van der Waals surface area (Å²) in [7, 11) is 1.71. The second kappa shape index (κ2) is 8.38. The number of benzene rings is 3. The number of amides is 1. The molecule has 3 aromatic carbocycles. The first-order chi connectivity index (χ1) is 17.3. The van der Waals surface area contributed by atoms with Crippen molar-refractivity contribution in [3.63, 3.8) is 0 Å². The van der Waals surface area contributed by atoms with Crippen molar-refractivity contribution >= 4 is 22.4 Å². The molecule has 1 aliphatic carbocycles. The lowest BCUT2D eigenvalue weighted by Gasteiger charge is -2.43. The van der Waals surface area contributed by atoms with E-state index >= 15 is 0 Å². The summed E-state index contributed by atoms with van der Waals surface area (Å²) >= 11 is 0. The van der Waals surface area contributed by atoms with E-state index in [0.717, 1.165) is 42.7 Å². The Morgan fingerprint density at radius 2 is 1.67 bits per heavy atom. The third-order valence-electron chi connectivity index (χ3n) is 8.92. The normalized spacial score (nSPS) is 29.2. The molecule has 3 aromatic rings. The van der Waals surface area contributed by atoms with Gasteiger partial charge in [0.1, 0.15) is 11.8 Å². The van der Waals surface area contributed by atoms with Crippen LogP contribution in [-0.2, 0) is 15.8 Å². The number of nitrogens with zero attached hydrogens (tertiary/aromatic N) is 2. The van der Waals surface area contributed by atoms with Crippen LogP contribution >= 0.6 is 0 Å². The Morgan fingerprint density at radius 1 is 1.00 bits per heavy atom. The Labute approximate surface area is 212 Å². The second-order valence-corrected chi connectivity index (χ2v) is 11.1. The zero-order chi connectivity index (χ0) is 25.2. The summed E-state index contributed by atoms with van der Waals surface area (Å²) in [4.78, 5) is 18.3. The molecule has 188 valence electrons. The van der Waals surface area contributed by atoms with E-state index in [1.165, 1.54) is 16.3 Å². The van der Waals surface area contributed by atoms with Gasteiger partial charge in [-0.3, -0.25) is 15.0 Å². The van der Waals surface area contributed by atoms with E-state index in [2.05, 4.69) is 40.5 Å². The minimum atomic E-state index is -0.964. The van der Waals surface area contributed by atoms with Crippen LogP contribution in [0.2, 0.25) is 0 Å². The Balaban J connectivity index is 1.27. The second-order valence-electron chi connectivity index (χ2n) is 11.1. The van der Waals surface area contributed by atoms with E-state index in [4.69, 9.17) is 0 Å². The molecular formula is C30H35N3O3. The fraction of sp³-hybridized carbons (Fsp3) is 0.433. The standard InChI is InChI=1S/C30H35N3O3/c1-29(18-25(34)31-3)22-11-4-5-13-24(22)33(28(29)35)20-14-16-32(17-15-20)27-21-10-6-8-19-9-7-12-23(26(19)21)30(27,2)36/h4-13,20,25,27,31,34,36H,14-18H2,1-3H3/t25?,27?,29?,30-/m0/s1. The van der Waals surface area contributed by atoms with Gasteiger partial charge in [0.2, 0.25) is 5.91 Å². The molecule has 0 bridgehead atoms. The number of hydrogen-bond acceptors (Lipinski definition) is 5. The number of aliphatic hydroxyl groups excluding tert-OH is 1. The van der Waals surface area contributed by atoms with E-state index in [0.29, 0.717) is 6.42 Å². The number of rotatable bonds is 5. The highest BCUT2D eigenvalue weighted by atomic mass is 16.3. The summed E-state index contributed by atoms with van der Waals surface area (Å²) < 4.78 is 0. The average molecular weight is 486 g/mol. The van der Waals surface area contributed by atoms with Crippen molar-refractivity contribution < 1.29 is 15.0 Å². The van der Waals surface area contributed by atoms with Crippen LogP contribution < -0.4 is 10.2 Å². The number of para-hydroxylation sites is 1. The number of carbonyl (C=O) groups excluding carboxylic acids is 1. The van der Waals surface area contributed by atoms with Crippen molar-refractivity contribution in [1.82, 2.24) is 10.2 Å². The molecule has 1 saturated heterocycles. The number of hydrogen-bond donors (Lipinski definition) is 3. The molecule has 6 nitrogen and oxygen atoms in total. The minimum absolute atomic E-state index is 0.0708. The maximum atomic E-state index is 13.9. The fourth-order valence-electron chi connectivity index (χ4n) is 7.11. The van der Waals surface area contributed by atoms with Crippen LogP contribution in [0.5, 0.6) is 0 Å². The van der Waals surface area contributed by atoms with E-state index in [1.54, 1.807) is 7.05 Å². The molecule has 6 heteroatoms. The number of likely N-dealkylation sites (tertiary alicyclic amines) is 1. The van der Waals surface area contributed by atoms with Gasteiger partial charge >= 0.3 is 0 Å². The lowest BCUT2D eigenvalue weighted by Crippen LogP contribution is -2.52. The third-order valence-corrected chi connectivity index (χ3v) is 8.92. The third kappa shape index (κ3) is 3.28. The van der Waals surface area contributed by atoms with Gasteiger partial charge < -0.3 is 15.1 Å². The first-order valence-corrected chi connectivity index (χ1v) is 13.0. The van der Waals surface area contributed by atoms with Crippen LogP contribution in [0.4, 0.5) is 5.69 Å². The topological polar surface area (TPSA) is 76.0 Å². The molecule has 1 fully saturated rings. The van der Waals surface area contributed by atoms with Gasteiger partial charge in [-0.2, -0.15) is 0 Å². The Bertz CT molecular complexity index is 1320. The first kappa shape index (κ1) is 23.6. The lowest BCUT2D eigenvalue weighted by molar-refractivity contribution is -0.124. The lowest BCUT2D eigenvalue weighted by atomic mass is 9.80. The fourth-order valence-corrected chi connectivity index (χ4v) is 7.11. The van der Waals surface area contributed by atoms with Crippen molar-refractivity contribution in [3.8, 4) is 0 Å². The molecule has 3 aliphatic rings. The molecule has 0 aromatic heterocycles. The zero-order valence-electron chi connectivity index (χ0n) is 21.2. The number of anilines is 1. The van der Waals surface area contributed by atoms with Crippen molar-refractivity contribution in [2.24, 2.45) is 0 Å². The molecule has 36 heavy (non-hydrogen) atoms. The van der Waals surface area contributed by atoms with Crippen molar-refractivity contribution in [2.45, 2.75) is 62.4 Å². The number of aliphatic hydroxyl groups is 2. The van der Waals surface area contributed by atoms with Gasteiger partial charge in [0.05, 0.1) is 11.5 Å². The first-order valence-electron chi connectivity index (χ1n) is 13.0. The van der Waals surface area contributed by atoms with Gasteiger partial charge in [0.25, 0.3) is 0 Å². The summed E-state index contributed by atoms with van der Waals surface area (Å²) in [5.41, 5.74) is 2.44. The Hall–Kier alpha value is -2.77. The highest BCUT2D eigenvalue weighted by Crippen LogP contribution is 2.52. The van der Waals surface area contributed by atoms with Crippen LogP contribution in [0.1, 0.15) is 55.8 Å². The maximum Gasteiger partial charge on any atom is 0.237 e. The zero-order valence-corrected chi connectivity index (χ0v) is 21.2. The van der Waals surface area contributed by atoms with Gasteiger partial charge in [0.15, 0.2) is 0 Å². The molecule has 6 rings (SSSR count). The van der Waals surface area contributed by atoms with Gasteiger partial charge in [-0.05, 0) is 67.3 Å². The minimum Gasteiger partial charge on any atom is -0.383 e. The SMILES string of the molecule is CNC(O)CC1(C)C(=O)N(C2CCN(C3c4cccc5cccc(c45)[C@]3(C)O)CC2)c2ccccc21. The molecule has 2 heterocycles. The van der Waals surface area contributed by atoms with Gasteiger partial charge in [-0.1, -0.05) is 54.6 Å². The Kier molecular flexibility index (Phi) is 5.50. The molecule has 3 N–H and O–H groups in total. The highest BCUT2D eigenvalue weighted by molar-refractivity contribution is 6.08. The smallest absolute Gasteiger partial charge is 0.237 e. The van der Waals surface area contributed by atoms with Crippen LogP contribution in [0.3, 0.4) is 0 Å². The van der Waals surface area contributed by atoms with Gasteiger partial charge in [0, 0.05) is 31.2 Å². The van der Waals surface area contributed by atoms with Crippen LogP contribution in [0, 0.1) is 0 Å². The maximum absolute atomic E-state index is 13.9. The van der Waals surface area contributed by atoms with Crippen LogP contribution in [0.25, 0.3) is 10.8 Å². The number of piperidine rings is 1. The Morgan fingerprint density at radius 3 is 2.39 bits per heavy atom. The molecule has 0 spiro atoms. The summed E-state index contributed by atoms with van der Waals surface area (Å²) in [5.74, 6) is 0.0708. The van der Waals surface area contributed by atoms with E-state index in [-0.39, 0.29) is 18.0 Å². The van der Waals surface area contributed by atoms with Crippen LogP contribution in [0.15, 0.2) is 60.7 Å². The molecular weight excluding hydrogens is 450 g/mol. The summed E-state index contributed by atoms with van der Waals surface area (Å²) in [6.45, 7) is 5.50. The number of fused-ring (bicyclic) bond motifs is 1. The molecule has 2 aliphatic heterocycles. The van der Waals surface area contributed by atoms with Gasteiger partial charge in [-0.15, -0.1) is 0 Å². The summed E-state index contributed by atoms with van der Waals surface area (Å²) in [6.07, 6.45) is 1.26. The quantitative estimate of drug-likeness (QED) is 0.480. The summed E-state index contributed by atoms with van der Waals surface area (Å²) in [5, 5.41) is 27.3. The predicted octanol–water partition coefficient (Wildman–Crippen LogP) is 3.80. The largest absolute Gasteiger partial charge is 0.383 e. The van der Waals surface area contributed by atoms with Crippen molar-refractivity contribution in [2.75, 3.05) is 25.0 Å². The van der Waals surface area contributed by atoms with Crippen molar-refractivity contribution in [3.05, 3.63) is 77.4 Å². The molecule has 0 radical (unpaired) electrons. The molecule has 0 saturated carbocycles. The van der Waals surface area contributed by atoms with Gasteiger partial charge in [-0.25, -0.2) is 0 Å². The molecule has 4 atom stereocenters.